The highest BCUT2D eigenvalue weighted by Crippen LogP contribution is 2.36. The minimum atomic E-state index is -0.279. The Hall–Kier alpha value is -1.24. The summed E-state index contributed by atoms with van der Waals surface area (Å²) >= 11 is 5.96. The van der Waals surface area contributed by atoms with E-state index in [1.807, 2.05) is 0 Å². The molecule has 0 radical (unpaired) electrons. The Balaban J connectivity index is 2.10. The van der Waals surface area contributed by atoms with Gasteiger partial charge in [-0.1, -0.05) is 31.4 Å². The summed E-state index contributed by atoms with van der Waals surface area (Å²) in [7, 11) is 0. The van der Waals surface area contributed by atoms with Gasteiger partial charge < -0.3 is 10.4 Å². The van der Waals surface area contributed by atoms with Crippen LogP contribution in [0.2, 0.25) is 5.02 Å². The third-order valence-electron chi connectivity index (χ3n) is 4.06. The maximum atomic E-state index is 10.2. The molecule has 0 spiro atoms. The largest absolute Gasteiger partial charge is 0.392 e. The fraction of sp³-hybridized carbons (Fsp3) is 0.533. The van der Waals surface area contributed by atoms with Gasteiger partial charge in [0.05, 0.1) is 17.4 Å². The van der Waals surface area contributed by atoms with Gasteiger partial charge >= 0.3 is 0 Å². The smallest absolute Gasteiger partial charge is 0.101 e. The van der Waals surface area contributed by atoms with Crippen molar-refractivity contribution >= 4 is 17.3 Å². The van der Waals surface area contributed by atoms with Crippen LogP contribution in [0.1, 0.15) is 38.2 Å². The average Bonchev–Trinajstić information content (AvgIpc) is 2.40. The van der Waals surface area contributed by atoms with E-state index in [1.165, 1.54) is 0 Å². The highest BCUT2D eigenvalue weighted by atomic mass is 35.5. The lowest BCUT2D eigenvalue weighted by Gasteiger charge is -2.38. The molecule has 2 N–H and O–H groups in total. The first-order valence-electron chi connectivity index (χ1n) is 6.67. The van der Waals surface area contributed by atoms with E-state index < -0.39 is 0 Å². The summed E-state index contributed by atoms with van der Waals surface area (Å²) in [5.74, 6) is 0. The third kappa shape index (κ3) is 3.20. The molecule has 2 rings (SSSR count). The van der Waals surface area contributed by atoms with Crippen LogP contribution in [0.25, 0.3) is 0 Å². The van der Waals surface area contributed by atoms with E-state index in [-0.39, 0.29) is 11.5 Å². The molecular formula is C15H19ClN2O. The maximum absolute atomic E-state index is 10.2. The van der Waals surface area contributed by atoms with Crippen LogP contribution in [0.3, 0.4) is 0 Å². The van der Waals surface area contributed by atoms with Crippen LogP contribution < -0.4 is 5.32 Å². The molecule has 1 aliphatic rings. The van der Waals surface area contributed by atoms with Crippen molar-refractivity contribution in [2.75, 3.05) is 11.9 Å². The van der Waals surface area contributed by atoms with Crippen LogP contribution >= 0.6 is 11.6 Å². The molecule has 1 aromatic rings. The minimum absolute atomic E-state index is 0.132. The molecule has 2 atom stereocenters. The Labute approximate surface area is 119 Å². The molecule has 102 valence electrons. The van der Waals surface area contributed by atoms with E-state index in [4.69, 9.17) is 16.9 Å². The van der Waals surface area contributed by atoms with E-state index in [2.05, 4.69) is 18.3 Å². The van der Waals surface area contributed by atoms with Crippen LogP contribution in [-0.4, -0.2) is 17.8 Å². The van der Waals surface area contributed by atoms with E-state index in [0.717, 1.165) is 31.4 Å². The van der Waals surface area contributed by atoms with Crippen molar-refractivity contribution in [1.29, 1.82) is 5.26 Å². The highest BCUT2D eigenvalue weighted by molar-refractivity contribution is 6.30. The molecule has 2 unspecified atom stereocenters. The number of anilines is 1. The van der Waals surface area contributed by atoms with Crippen LogP contribution in [0.5, 0.6) is 0 Å². The normalized spacial score (nSPS) is 26.7. The maximum Gasteiger partial charge on any atom is 0.101 e. The monoisotopic (exact) mass is 278 g/mol. The highest BCUT2D eigenvalue weighted by Gasteiger charge is 2.35. The van der Waals surface area contributed by atoms with Crippen LogP contribution in [0.15, 0.2) is 18.2 Å². The number of rotatable bonds is 3. The number of hydrogen-bond acceptors (Lipinski definition) is 3. The van der Waals surface area contributed by atoms with E-state index in [0.29, 0.717) is 17.1 Å². The van der Waals surface area contributed by atoms with Gasteiger partial charge in [0.25, 0.3) is 0 Å². The van der Waals surface area contributed by atoms with Gasteiger partial charge in [-0.15, -0.1) is 0 Å². The number of nitrogens with one attached hydrogen (secondary N) is 1. The number of aliphatic hydroxyl groups excluding tert-OH is 1. The van der Waals surface area contributed by atoms with Crippen LogP contribution in [0, 0.1) is 16.7 Å². The van der Waals surface area contributed by atoms with Gasteiger partial charge in [-0.2, -0.15) is 5.26 Å². The van der Waals surface area contributed by atoms with Gasteiger partial charge in [-0.05, 0) is 31.0 Å². The fourth-order valence-corrected chi connectivity index (χ4v) is 2.82. The Morgan fingerprint density at radius 3 is 3.00 bits per heavy atom. The van der Waals surface area contributed by atoms with E-state index in [1.54, 1.807) is 18.2 Å². The van der Waals surface area contributed by atoms with Crippen molar-refractivity contribution in [1.82, 2.24) is 0 Å². The summed E-state index contributed by atoms with van der Waals surface area (Å²) in [6, 6.07) is 7.34. The summed E-state index contributed by atoms with van der Waals surface area (Å²) in [5.41, 5.74) is 1.19. The average molecular weight is 279 g/mol. The molecule has 1 aromatic carbocycles. The van der Waals surface area contributed by atoms with Gasteiger partial charge in [-0.3, -0.25) is 0 Å². The van der Waals surface area contributed by atoms with Crippen molar-refractivity contribution in [2.24, 2.45) is 5.41 Å². The Bertz CT molecular complexity index is 497. The predicted octanol–water partition coefficient (Wildman–Crippen LogP) is 3.56. The Morgan fingerprint density at radius 2 is 2.32 bits per heavy atom. The molecule has 1 saturated carbocycles. The molecule has 0 bridgehead atoms. The Morgan fingerprint density at radius 1 is 1.53 bits per heavy atom. The molecule has 0 heterocycles. The zero-order chi connectivity index (χ0) is 13.9. The zero-order valence-electron chi connectivity index (χ0n) is 11.1. The van der Waals surface area contributed by atoms with E-state index in [9.17, 15) is 5.11 Å². The molecular weight excluding hydrogens is 260 g/mol. The molecule has 0 amide bonds. The van der Waals surface area contributed by atoms with Gasteiger partial charge in [-0.25, -0.2) is 0 Å². The van der Waals surface area contributed by atoms with Crippen LogP contribution in [0.4, 0.5) is 5.69 Å². The van der Waals surface area contributed by atoms with Gasteiger partial charge in [0.2, 0.25) is 0 Å². The summed E-state index contributed by atoms with van der Waals surface area (Å²) in [6.07, 6.45) is 3.83. The summed E-state index contributed by atoms with van der Waals surface area (Å²) in [4.78, 5) is 0. The first kappa shape index (κ1) is 14.2. The lowest BCUT2D eigenvalue weighted by atomic mass is 9.73. The lowest BCUT2D eigenvalue weighted by Crippen LogP contribution is -2.41. The van der Waals surface area contributed by atoms with Crippen molar-refractivity contribution in [2.45, 2.75) is 38.7 Å². The second-order valence-corrected chi connectivity index (χ2v) is 6.01. The lowest BCUT2D eigenvalue weighted by molar-refractivity contribution is 0.00963. The molecule has 4 heteroatoms. The molecule has 1 aliphatic carbocycles. The number of nitrogens with zero attached hydrogens (tertiary/aromatic N) is 1. The molecule has 3 nitrogen and oxygen atoms in total. The number of aliphatic hydroxyl groups is 1. The Kier molecular flexibility index (Phi) is 4.34. The SMILES string of the molecule is CC1(CNc2cc(Cl)ccc2C#N)CCCCC1O. The summed E-state index contributed by atoms with van der Waals surface area (Å²) in [5, 5.41) is 23.1. The second kappa shape index (κ2) is 5.81. The van der Waals surface area contributed by atoms with Crippen molar-refractivity contribution < 1.29 is 5.11 Å². The summed E-state index contributed by atoms with van der Waals surface area (Å²) < 4.78 is 0. The van der Waals surface area contributed by atoms with Crippen LogP contribution in [-0.2, 0) is 0 Å². The first-order chi connectivity index (χ1) is 9.05. The molecule has 0 saturated heterocycles. The minimum Gasteiger partial charge on any atom is -0.392 e. The van der Waals surface area contributed by atoms with Gasteiger partial charge in [0.15, 0.2) is 0 Å². The number of nitriles is 1. The molecule has 19 heavy (non-hydrogen) atoms. The quantitative estimate of drug-likeness (QED) is 0.889. The second-order valence-electron chi connectivity index (χ2n) is 5.57. The van der Waals surface area contributed by atoms with Gasteiger partial charge in [0, 0.05) is 17.0 Å². The molecule has 0 aromatic heterocycles. The number of halogens is 1. The van der Waals surface area contributed by atoms with E-state index >= 15 is 0 Å². The standard InChI is InChI=1S/C15H19ClN2O/c1-15(7-3-2-4-14(15)19)10-18-13-8-12(16)6-5-11(13)9-17/h5-6,8,14,18-19H,2-4,7,10H2,1H3. The number of hydrogen-bond donors (Lipinski definition) is 2. The first-order valence-corrected chi connectivity index (χ1v) is 7.04. The van der Waals surface area contributed by atoms with Gasteiger partial charge in [0.1, 0.15) is 6.07 Å². The topological polar surface area (TPSA) is 56.0 Å². The van der Waals surface area contributed by atoms with Crippen molar-refractivity contribution in [3.63, 3.8) is 0 Å². The molecule has 1 fully saturated rings. The predicted molar refractivity (Wildman–Crippen MR) is 77.2 cm³/mol. The fourth-order valence-electron chi connectivity index (χ4n) is 2.65. The number of benzene rings is 1. The summed E-state index contributed by atoms with van der Waals surface area (Å²) in [6.45, 7) is 2.75. The zero-order valence-corrected chi connectivity index (χ0v) is 11.9. The third-order valence-corrected chi connectivity index (χ3v) is 4.30. The van der Waals surface area contributed by atoms with Crippen molar-refractivity contribution in [3.05, 3.63) is 28.8 Å². The molecule has 0 aliphatic heterocycles. The van der Waals surface area contributed by atoms with Crippen molar-refractivity contribution in [3.8, 4) is 6.07 Å².